The Bertz CT molecular complexity index is 1020. The van der Waals surface area contributed by atoms with Crippen LogP contribution >= 0.6 is 39.1 Å². The van der Waals surface area contributed by atoms with Gasteiger partial charge in [0.2, 0.25) is 0 Å². The summed E-state index contributed by atoms with van der Waals surface area (Å²) in [7, 11) is 0. The van der Waals surface area contributed by atoms with Crippen molar-refractivity contribution in [3.8, 4) is 11.5 Å². The highest BCUT2D eigenvalue weighted by Gasteiger charge is 2.07. The first-order valence-electron chi connectivity index (χ1n) is 7.40. The predicted molar refractivity (Wildman–Crippen MR) is 109 cm³/mol. The van der Waals surface area contributed by atoms with Gasteiger partial charge in [-0.3, -0.25) is 0 Å². The fourth-order valence-electron chi connectivity index (χ4n) is 2.48. The van der Waals surface area contributed by atoms with Gasteiger partial charge >= 0.3 is 0 Å². The number of benzene rings is 4. The Kier molecular flexibility index (Phi) is 5.38. The number of phenols is 2. The van der Waals surface area contributed by atoms with Crippen LogP contribution in [0.3, 0.4) is 0 Å². The van der Waals surface area contributed by atoms with E-state index in [0.29, 0.717) is 10.4 Å². The molecule has 25 heavy (non-hydrogen) atoms. The van der Waals surface area contributed by atoms with E-state index in [1.807, 2.05) is 48.5 Å². The van der Waals surface area contributed by atoms with Crippen molar-refractivity contribution in [3.63, 3.8) is 0 Å². The lowest BCUT2D eigenvalue weighted by molar-refractivity contribution is 0.473. The van der Waals surface area contributed by atoms with E-state index in [1.165, 1.54) is 0 Å². The SMILES string of the molecule is Oc1c(Cl)cc(Cl)c2ccccc12.Oc1cc2ccccc2cc1Br. The van der Waals surface area contributed by atoms with Gasteiger partial charge in [-0.05, 0) is 44.9 Å². The minimum absolute atomic E-state index is 0.0849. The summed E-state index contributed by atoms with van der Waals surface area (Å²) in [5, 5.41) is 23.5. The number of hydrogen-bond acceptors (Lipinski definition) is 2. The first kappa shape index (κ1) is 17.9. The molecule has 0 fully saturated rings. The fraction of sp³-hybridized carbons (Fsp3) is 0. The van der Waals surface area contributed by atoms with E-state index in [4.69, 9.17) is 23.2 Å². The van der Waals surface area contributed by atoms with E-state index in [9.17, 15) is 10.2 Å². The molecule has 0 saturated heterocycles. The third-order valence-corrected chi connectivity index (χ3v) is 4.97. The molecule has 4 rings (SSSR count). The second kappa shape index (κ2) is 7.52. The van der Waals surface area contributed by atoms with Crippen LogP contribution in [0.4, 0.5) is 0 Å². The third-order valence-electron chi connectivity index (χ3n) is 3.73. The van der Waals surface area contributed by atoms with Crippen LogP contribution in [0, 0.1) is 0 Å². The third kappa shape index (κ3) is 3.84. The monoisotopic (exact) mass is 434 g/mol. The maximum atomic E-state index is 9.59. The molecule has 0 aromatic heterocycles. The van der Waals surface area contributed by atoms with Crippen molar-refractivity contribution in [2.45, 2.75) is 0 Å². The second-order valence-corrected chi connectivity index (χ2v) is 7.05. The van der Waals surface area contributed by atoms with E-state index in [0.717, 1.165) is 20.6 Å². The lowest BCUT2D eigenvalue weighted by Gasteiger charge is -2.04. The van der Waals surface area contributed by atoms with E-state index in [-0.39, 0.29) is 16.5 Å². The van der Waals surface area contributed by atoms with Crippen LogP contribution in [0.2, 0.25) is 10.0 Å². The van der Waals surface area contributed by atoms with Gasteiger partial charge in [0.25, 0.3) is 0 Å². The zero-order valence-electron chi connectivity index (χ0n) is 12.9. The van der Waals surface area contributed by atoms with Gasteiger partial charge in [0.05, 0.1) is 14.5 Å². The molecule has 126 valence electrons. The smallest absolute Gasteiger partial charge is 0.142 e. The van der Waals surface area contributed by atoms with Gasteiger partial charge in [-0.15, -0.1) is 0 Å². The quantitative estimate of drug-likeness (QED) is 0.307. The summed E-state index contributed by atoms with van der Waals surface area (Å²) in [4.78, 5) is 0. The number of fused-ring (bicyclic) bond motifs is 2. The predicted octanol–water partition coefficient (Wildman–Crippen LogP) is 7.16. The first-order chi connectivity index (χ1) is 12.0. The molecule has 5 heteroatoms. The standard InChI is InChI=1S/C10H7BrO.C10H6Cl2O/c11-9-5-7-3-1-2-4-8(7)6-10(9)12;11-8-5-9(12)10(13)7-4-2-1-3-6(7)8/h1-6,12H;1-5,13H. The average Bonchev–Trinajstić information content (AvgIpc) is 2.61. The lowest BCUT2D eigenvalue weighted by Crippen LogP contribution is -1.76. The van der Waals surface area contributed by atoms with Gasteiger partial charge in [0.15, 0.2) is 0 Å². The summed E-state index contributed by atoms with van der Waals surface area (Å²) < 4.78 is 0.737. The van der Waals surface area contributed by atoms with E-state index >= 15 is 0 Å². The van der Waals surface area contributed by atoms with Gasteiger partial charge < -0.3 is 10.2 Å². The molecule has 0 saturated carbocycles. The van der Waals surface area contributed by atoms with E-state index in [2.05, 4.69) is 15.9 Å². The van der Waals surface area contributed by atoms with E-state index < -0.39 is 0 Å². The summed E-state index contributed by atoms with van der Waals surface area (Å²) in [6.45, 7) is 0. The molecular weight excluding hydrogens is 423 g/mol. The van der Waals surface area contributed by atoms with Gasteiger partial charge in [-0.25, -0.2) is 0 Å². The Hall–Kier alpha value is -1.94. The lowest BCUT2D eigenvalue weighted by atomic mass is 10.1. The number of hydrogen-bond donors (Lipinski definition) is 2. The summed E-state index contributed by atoms with van der Waals surface area (Å²) in [6, 6.07) is 20.4. The van der Waals surface area contributed by atoms with Crippen molar-refractivity contribution in [1.29, 1.82) is 0 Å². The average molecular weight is 436 g/mol. The molecule has 4 aromatic carbocycles. The highest BCUT2D eigenvalue weighted by Crippen LogP contribution is 2.36. The van der Waals surface area contributed by atoms with Crippen molar-refractivity contribution in [1.82, 2.24) is 0 Å². The second-order valence-electron chi connectivity index (χ2n) is 5.39. The summed E-state index contributed by atoms with van der Waals surface area (Å²) in [5.41, 5.74) is 0. The van der Waals surface area contributed by atoms with Crippen LogP contribution in [0.5, 0.6) is 11.5 Å². The number of rotatable bonds is 0. The molecule has 2 N–H and O–H groups in total. The summed E-state index contributed by atoms with van der Waals surface area (Å²) in [5.74, 6) is 0.371. The van der Waals surface area contributed by atoms with Crippen LogP contribution < -0.4 is 0 Å². The molecule has 0 aliphatic rings. The molecule has 0 aliphatic heterocycles. The van der Waals surface area contributed by atoms with Gasteiger partial charge in [-0.2, -0.15) is 0 Å². The van der Waals surface area contributed by atoms with Crippen molar-refractivity contribution in [2.75, 3.05) is 0 Å². The van der Waals surface area contributed by atoms with Gasteiger partial charge in [0.1, 0.15) is 11.5 Å². The minimum Gasteiger partial charge on any atom is -0.507 e. The number of halogens is 3. The Morgan fingerprint density at radius 1 is 0.680 bits per heavy atom. The molecule has 0 aliphatic carbocycles. The summed E-state index contributed by atoms with van der Waals surface area (Å²) >= 11 is 15.0. The zero-order valence-corrected chi connectivity index (χ0v) is 16.0. The first-order valence-corrected chi connectivity index (χ1v) is 8.95. The Morgan fingerprint density at radius 3 is 1.92 bits per heavy atom. The van der Waals surface area contributed by atoms with Crippen LogP contribution in [0.1, 0.15) is 0 Å². The van der Waals surface area contributed by atoms with Crippen LogP contribution in [-0.2, 0) is 0 Å². The van der Waals surface area contributed by atoms with Crippen molar-refractivity contribution >= 4 is 60.7 Å². The van der Waals surface area contributed by atoms with Crippen molar-refractivity contribution in [3.05, 3.63) is 81.2 Å². The van der Waals surface area contributed by atoms with Crippen LogP contribution in [-0.4, -0.2) is 10.2 Å². The number of aromatic hydroxyl groups is 2. The molecule has 0 unspecified atom stereocenters. The zero-order chi connectivity index (χ0) is 18.0. The Balaban J connectivity index is 0.000000146. The minimum atomic E-state index is 0.0849. The highest BCUT2D eigenvalue weighted by molar-refractivity contribution is 9.10. The molecule has 0 bridgehead atoms. The van der Waals surface area contributed by atoms with Gasteiger partial charge in [-0.1, -0.05) is 71.7 Å². The van der Waals surface area contributed by atoms with Crippen LogP contribution in [0.25, 0.3) is 21.5 Å². The molecule has 0 heterocycles. The van der Waals surface area contributed by atoms with E-state index in [1.54, 1.807) is 18.2 Å². The molecule has 0 radical (unpaired) electrons. The Labute approximate surface area is 163 Å². The molecular formula is C20H13BrCl2O2. The van der Waals surface area contributed by atoms with Gasteiger partial charge in [0, 0.05) is 10.8 Å². The molecule has 0 atom stereocenters. The maximum absolute atomic E-state index is 9.59. The molecule has 4 aromatic rings. The normalized spacial score (nSPS) is 10.5. The largest absolute Gasteiger partial charge is 0.507 e. The molecule has 2 nitrogen and oxygen atoms in total. The molecule has 0 spiro atoms. The topological polar surface area (TPSA) is 40.5 Å². The summed E-state index contributed by atoms with van der Waals surface area (Å²) in [6.07, 6.45) is 0. The van der Waals surface area contributed by atoms with Crippen LogP contribution in [0.15, 0.2) is 71.2 Å². The maximum Gasteiger partial charge on any atom is 0.142 e. The Morgan fingerprint density at radius 2 is 1.24 bits per heavy atom. The molecule has 0 amide bonds. The highest BCUT2D eigenvalue weighted by atomic mass is 79.9. The van der Waals surface area contributed by atoms with Crippen molar-refractivity contribution < 1.29 is 10.2 Å². The fourth-order valence-corrected chi connectivity index (χ4v) is 3.39. The van der Waals surface area contributed by atoms with Crippen molar-refractivity contribution in [2.24, 2.45) is 0 Å². The number of phenolic OH excluding ortho intramolecular Hbond substituents is 2.